The first-order valence-corrected chi connectivity index (χ1v) is 11.6. The number of benzene rings is 3. The van der Waals surface area contributed by atoms with Crippen LogP contribution in [0.2, 0.25) is 10.0 Å². The molecule has 0 saturated carbocycles. The first-order valence-electron chi connectivity index (χ1n) is 9.32. The lowest BCUT2D eigenvalue weighted by Gasteiger charge is -2.16. The van der Waals surface area contributed by atoms with Crippen LogP contribution in [0, 0.1) is 13.8 Å². The second kappa shape index (κ2) is 8.34. The first-order chi connectivity index (χ1) is 14.7. The van der Waals surface area contributed by atoms with Crippen LogP contribution >= 0.6 is 23.2 Å². The Kier molecular flexibility index (Phi) is 5.75. The molecule has 0 atom stereocenters. The summed E-state index contributed by atoms with van der Waals surface area (Å²) < 4.78 is 28.7. The van der Waals surface area contributed by atoms with Gasteiger partial charge in [-0.2, -0.15) is 0 Å². The van der Waals surface area contributed by atoms with Crippen LogP contribution in [-0.2, 0) is 10.0 Å². The third-order valence-corrected chi connectivity index (χ3v) is 6.67. The van der Waals surface area contributed by atoms with Crippen molar-refractivity contribution in [3.05, 3.63) is 81.8 Å². The van der Waals surface area contributed by atoms with Gasteiger partial charge in [-0.1, -0.05) is 53.0 Å². The molecule has 0 bridgehead atoms. The van der Waals surface area contributed by atoms with Crippen LogP contribution in [0.5, 0.6) is 0 Å². The van der Waals surface area contributed by atoms with E-state index < -0.39 is 10.0 Å². The maximum atomic E-state index is 13.1. The zero-order valence-electron chi connectivity index (χ0n) is 16.6. The van der Waals surface area contributed by atoms with E-state index in [9.17, 15) is 8.42 Å². The number of nitrogens with one attached hydrogen (secondary N) is 2. The number of sulfonamides is 1. The quantitative estimate of drug-likeness (QED) is 0.366. The van der Waals surface area contributed by atoms with E-state index in [1.165, 1.54) is 18.2 Å². The zero-order valence-corrected chi connectivity index (χ0v) is 19.0. The fourth-order valence-electron chi connectivity index (χ4n) is 3.11. The molecule has 0 aliphatic rings. The summed E-state index contributed by atoms with van der Waals surface area (Å²) in [7, 11) is -4.08. The summed E-state index contributed by atoms with van der Waals surface area (Å²) in [5.74, 6) is 0.321. The predicted molar refractivity (Wildman–Crippen MR) is 126 cm³/mol. The Bertz CT molecular complexity index is 1410. The van der Waals surface area contributed by atoms with Gasteiger partial charge < -0.3 is 5.32 Å². The smallest absolute Gasteiger partial charge is 0.264 e. The van der Waals surface area contributed by atoms with Crippen molar-refractivity contribution in [3.63, 3.8) is 0 Å². The number of anilines is 3. The third-order valence-electron chi connectivity index (χ3n) is 4.62. The Morgan fingerprint density at radius 2 is 1.52 bits per heavy atom. The molecule has 0 unspecified atom stereocenters. The van der Waals surface area contributed by atoms with Gasteiger partial charge in [0.1, 0.15) is 4.90 Å². The van der Waals surface area contributed by atoms with Gasteiger partial charge in [0.05, 0.1) is 16.1 Å². The lowest BCUT2D eigenvalue weighted by Crippen LogP contribution is -2.16. The van der Waals surface area contributed by atoms with E-state index in [0.29, 0.717) is 11.0 Å². The number of hydrogen-bond acceptors (Lipinski definition) is 5. The summed E-state index contributed by atoms with van der Waals surface area (Å²) in [5.41, 5.74) is 4.06. The summed E-state index contributed by atoms with van der Waals surface area (Å²) in [6.45, 7) is 3.96. The highest BCUT2D eigenvalue weighted by atomic mass is 35.5. The van der Waals surface area contributed by atoms with Crippen LogP contribution in [0.25, 0.3) is 11.0 Å². The Balaban J connectivity index is 1.82. The van der Waals surface area contributed by atoms with Gasteiger partial charge in [0.25, 0.3) is 10.0 Å². The molecule has 0 aliphatic carbocycles. The fourth-order valence-corrected chi connectivity index (χ4v) is 4.88. The van der Waals surface area contributed by atoms with Crippen molar-refractivity contribution in [2.75, 3.05) is 10.0 Å². The van der Waals surface area contributed by atoms with E-state index in [4.69, 9.17) is 23.2 Å². The lowest BCUT2D eigenvalue weighted by atomic mass is 10.1. The molecular weight excluding hydrogens is 455 g/mol. The maximum absolute atomic E-state index is 13.1. The van der Waals surface area contributed by atoms with Crippen molar-refractivity contribution in [1.82, 2.24) is 9.97 Å². The van der Waals surface area contributed by atoms with Gasteiger partial charge in [0.2, 0.25) is 0 Å². The highest BCUT2D eigenvalue weighted by Gasteiger charge is 2.22. The summed E-state index contributed by atoms with van der Waals surface area (Å²) in [4.78, 5) is 8.94. The number of halogens is 2. The van der Waals surface area contributed by atoms with Crippen LogP contribution < -0.4 is 10.0 Å². The summed E-state index contributed by atoms with van der Waals surface area (Å²) >= 11 is 12.1. The SMILES string of the molecule is Cc1ccc(Nc2nc3ccccc3nc2NS(=O)(=O)c2cc(Cl)ccc2Cl)c(C)c1. The number of para-hydroxylation sites is 2. The van der Waals surface area contributed by atoms with Gasteiger partial charge in [0.15, 0.2) is 11.6 Å². The van der Waals surface area contributed by atoms with Crippen molar-refractivity contribution < 1.29 is 8.42 Å². The maximum Gasteiger partial charge on any atom is 0.264 e. The Morgan fingerprint density at radius 1 is 0.839 bits per heavy atom. The van der Waals surface area contributed by atoms with Crippen molar-refractivity contribution in [3.8, 4) is 0 Å². The van der Waals surface area contributed by atoms with Crippen LogP contribution in [0.4, 0.5) is 17.3 Å². The topological polar surface area (TPSA) is 84.0 Å². The van der Waals surface area contributed by atoms with Crippen molar-refractivity contribution in [1.29, 1.82) is 0 Å². The van der Waals surface area contributed by atoms with E-state index >= 15 is 0 Å². The molecule has 0 amide bonds. The molecule has 31 heavy (non-hydrogen) atoms. The second-order valence-corrected chi connectivity index (χ2v) is 9.53. The van der Waals surface area contributed by atoms with Crippen LogP contribution in [-0.4, -0.2) is 18.4 Å². The molecule has 9 heteroatoms. The second-order valence-electron chi connectivity index (χ2n) is 7.03. The summed E-state index contributed by atoms with van der Waals surface area (Å²) in [6, 6.07) is 17.3. The minimum Gasteiger partial charge on any atom is -0.337 e. The standard InChI is InChI=1S/C22H18Cl2N4O2S/c1-13-7-10-17(14(2)11-13)25-21-22(27-19-6-4-3-5-18(19)26-21)28-31(29,30)20-12-15(23)8-9-16(20)24/h3-12H,1-2H3,(H,25,26)(H,27,28). The number of hydrogen-bond donors (Lipinski definition) is 2. The summed E-state index contributed by atoms with van der Waals surface area (Å²) in [6.07, 6.45) is 0. The van der Waals surface area contributed by atoms with Gasteiger partial charge in [-0.15, -0.1) is 0 Å². The molecule has 158 valence electrons. The Hall–Kier alpha value is -2.87. The van der Waals surface area contributed by atoms with E-state index in [-0.39, 0.29) is 26.6 Å². The molecule has 6 nitrogen and oxygen atoms in total. The highest BCUT2D eigenvalue weighted by molar-refractivity contribution is 7.92. The van der Waals surface area contributed by atoms with E-state index in [0.717, 1.165) is 16.8 Å². The molecule has 3 aromatic carbocycles. The average Bonchev–Trinajstić information content (AvgIpc) is 2.72. The summed E-state index contributed by atoms with van der Waals surface area (Å²) in [5, 5.41) is 3.50. The number of rotatable bonds is 5. The van der Waals surface area contributed by atoms with Crippen LogP contribution in [0.1, 0.15) is 11.1 Å². The Labute approximate surface area is 190 Å². The van der Waals surface area contributed by atoms with E-state index in [2.05, 4.69) is 20.0 Å². The minimum atomic E-state index is -4.08. The average molecular weight is 473 g/mol. The number of fused-ring (bicyclic) bond motifs is 1. The molecule has 0 radical (unpaired) electrons. The normalized spacial score (nSPS) is 11.5. The predicted octanol–water partition coefficient (Wildman–Crippen LogP) is 6.10. The fraction of sp³-hybridized carbons (Fsp3) is 0.0909. The molecule has 1 heterocycles. The third kappa shape index (κ3) is 4.58. The molecule has 0 spiro atoms. The van der Waals surface area contributed by atoms with Crippen molar-refractivity contribution in [2.24, 2.45) is 0 Å². The van der Waals surface area contributed by atoms with Gasteiger partial charge in [-0.25, -0.2) is 18.4 Å². The minimum absolute atomic E-state index is 0.0505. The Morgan fingerprint density at radius 3 is 2.19 bits per heavy atom. The molecule has 0 aliphatic heterocycles. The van der Waals surface area contributed by atoms with Crippen molar-refractivity contribution >= 4 is 61.6 Å². The molecule has 4 aromatic rings. The van der Waals surface area contributed by atoms with Gasteiger partial charge in [-0.05, 0) is 55.8 Å². The molecular formula is C22H18Cl2N4O2S. The molecule has 4 rings (SSSR count). The lowest BCUT2D eigenvalue weighted by molar-refractivity contribution is 0.601. The number of nitrogens with zero attached hydrogens (tertiary/aromatic N) is 2. The number of aryl methyl sites for hydroxylation is 2. The van der Waals surface area contributed by atoms with Crippen LogP contribution in [0.15, 0.2) is 65.6 Å². The van der Waals surface area contributed by atoms with E-state index in [1.54, 1.807) is 12.1 Å². The van der Waals surface area contributed by atoms with Gasteiger partial charge in [-0.3, -0.25) is 4.72 Å². The van der Waals surface area contributed by atoms with Gasteiger partial charge in [0, 0.05) is 10.7 Å². The van der Waals surface area contributed by atoms with Crippen LogP contribution in [0.3, 0.4) is 0 Å². The zero-order chi connectivity index (χ0) is 22.2. The molecule has 1 aromatic heterocycles. The van der Waals surface area contributed by atoms with Crippen molar-refractivity contribution in [2.45, 2.75) is 18.7 Å². The first kappa shape index (κ1) is 21.4. The molecule has 0 fully saturated rings. The monoisotopic (exact) mass is 472 g/mol. The van der Waals surface area contributed by atoms with Gasteiger partial charge >= 0.3 is 0 Å². The van der Waals surface area contributed by atoms with E-state index in [1.807, 2.05) is 44.2 Å². The molecule has 2 N–H and O–H groups in total. The highest BCUT2D eigenvalue weighted by Crippen LogP contribution is 2.31. The molecule has 0 saturated heterocycles. The largest absolute Gasteiger partial charge is 0.337 e. The number of aromatic nitrogens is 2.